The first-order chi connectivity index (χ1) is 9.25. The van der Waals surface area contributed by atoms with Gasteiger partial charge in [0.2, 0.25) is 0 Å². The molecule has 3 nitrogen and oxygen atoms in total. The summed E-state index contributed by atoms with van der Waals surface area (Å²) in [6.07, 6.45) is 3.29. The molecule has 4 heteroatoms. The molecule has 2 aliphatic rings. The van der Waals surface area contributed by atoms with Gasteiger partial charge in [0.15, 0.2) is 0 Å². The number of hydrogen-bond donors (Lipinski definition) is 1. The van der Waals surface area contributed by atoms with E-state index in [0.29, 0.717) is 0 Å². The van der Waals surface area contributed by atoms with Crippen LogP contribution >= 0.6 is 0 Å². The molecule has 0 atom stereocenters. The predicted octanol–water partition coefficient (Wildman–Crippen LogP) is 2.32. The highest BCUT2D eigenvalue weighted by molar-refractivity contribution is 6.62. The molecule has 20 heavy (non-hydrogen) atoms. The lowest BCUT2D eigenvalue weighted by Crippen LogP contribution is -2.50. The normalized spacial score (nSPS) is 26.4. The van der Waals surface area contributed by atoms with E-state index < -0.39 is 0 Å². The quantitative estimate of drug-likeness (QED) is 0.841. The van der Waals surface area contributed by atoms with Crippen molar-refractivity contribution in [3.8, 4) is 0 Å². The Bertz CT molecular complexity index is 507. The van der Waals surface area contributed by atoms with Crippen molar-refractivity contribution in [3.63, 3.8) is 0 Å². The van der Waals surface area contributed by atoms with Gasteiger partial charge >= 0.3 is 7.12 Å². The molecule has 1 saturated heterocycles. The van der Waals surface area contributed by atoms with Gasteiger partial charge in [0.1, 0.15) is 0 Å². The van der Waals surface area contributed by atoms with Gasteiger partial charge in [-0.1, -0.05) is 24.3 Å². The Morgan fingerprint density at radius 2 is 1.55 bits per heavy atom. The van der Waals surface area contributed by atoms with Crippen molar-refractivity contribution in [2.45, 2.75) is 63.7 Å². The van der Waals surface area contributed by atoms with Gasteiger partial charge < -0.3 is 15.0 Å². The first kappa shape index (κ1) is 14.1. The monoisotopic (exact) mass is 273 g/mol. The molecule has 2 N–H and O–H groups in total. The number of benzene rings is 1. The fourth-order valence-corrected chi connectivity index (χ4v) is 2.95. The van der Waals surface area contributed by atoms with E-state index in [1.54, 1.807) is 0 Å². The molecule has 1 aromatic carbocycles. The van der Waals surface area contributed by atoms with E-state index in [9.17, 15) is 0 Å². The summed E-state index contributed by atoms with van der Waals surface area (Å²) < 4.78 is 12.4. The SMILES string of the molecule is CC1(C)OB(c2ccccc2C2(N)CCC2)OC1(C)C. The first-order valence-corrected chi connectivity index (χ1v) is 7.49. The van der Waals surface area contributed by atoms with Gasteiger partial charge in [-0.3, -0.25) is 0 Å². The summed E-state index contributed by atoms with van der Waals surface area (Å²) in [6.45, 7) is 8.32. The van der Waals surface area contributed by atoms with E-state index in [4.69, 9.17) is 15.0 Å². The fraction of sp³-hybridized carbons (Fsp3) is 0.625. The van der Waals surface area contributed by atoms with Crippen molar-refractivity contribution < 1.29 is 9.31 Å². The molecule has 2 fully saturated rings. The van der Waals surface area contributed by atoms with Crippen LogP contribution in [0.25, 0.3) is 0 Å². The van der Waals surface area contributed by atoms with Crippen LogP contribution in [-0.4, -0.2) is 18.3 Å². The van der Waals surface area contributed by atoms with Crippen LogP contribution in [-0.2, 0) is 14.8 Å². The maximum Gasteiger partial charge on any atom is 0.495 e. The van der Waals surface area contributed by atoms with Crippen molar-refractivity contribution in [2.24, 2.45) is 5.73 Å². The van der Waals surface area contributed by atoms with Crippen molar-refractivity contribution >= 4 is 12.6 Å². The van der Waals surface area contributed by atoms with Crippen LogP contribution in [0.15, 0.2) is 24.3 Å². The van der Waals surface area contributed by atoms with Crippen LogP contribution in [0.5, 0.6) is 0 Å². The standard InChI is InChI=1S/C16H24BNO2/c1-14(2)15(3,4)20-17(19-14)13-9-6-5-8-12(13)16(18)10-7-11-16/h5-6,8-9H,7,10-11,18H2,1-4H3. The van der Waals surface area contributed by atoms with Gasteiger partial charge in [0.25, 0.3) is 0 Å². The third kappa shape index (κ3) is 2.02. The molecule has 108 valence electrons. The summed E-state index contributed by atoms with van der Waals surface area (Å²) in [7, 11) is -0.322. The molecule has 1 aromatic rings. The van der Waals surface area contributed by atoms with E-state index in [1.165, 1.54) is 12.0 Å². The second-order valence-corrected chi connectivity index (χ2v) is 7.19. The van der Waals surface area contributed by atoms with Gasteiger partial charge in [-0.25, -0.2) is 0 Å². The number of rotatable bonds is 2. The Balaban J connectivity index is 1.96. The summed E-state index contributed by atoms with van der Waals surface area (Å²) in [6, 6.07) is 8.30. The first-order valence-electron chi connectivity index (χ1n) is 7.49. The van der Waals surface area contributed by atoms with Crippen LogP contribution in [0, 0.1) is 0 Å². The van der Waals surface area contributed by atoms with Crippen molar-refractivity contribution in [1.29, 1.82) is 0 Å². The highest BCUT2D eigenvalue weighted by atomic mass is 16.7. The molecule has 0 bridgehead atoms. The molecule has 1 heterocycles. The zero-order chi connectivity index (χ0) is 14.6. The predicted molar refractivity (Wildman–Crippen MR) is 81.9 cm³/mol. The zero-order valence-corrected chi connectivity index (χ0v) is 12.9. The summed E-state index contributed by atoms with van der Waals surface area (Å²) in [5, 5.41) is 0. The number of hydrogen-bond acceptors (Lipinski definition) is 3. The van der Waals surface area contributed by atoms with Crippen LogP contribution in [0.1, 0.15) is 52.5 Å². The smallest absolute Gasteiger partial charge is 0.399 e. The van der Waals surface area contributed by atoms with E-state index in [1.807, 2.05) is 6.07 Å². The average molecular weight is 273 g/mol. The second kappa shape index (κ2) is 4.33. The molecule has 0 unspecified atom stereocenters. The summed E-state index contributed by atoms with van der Waals surface area (Å²) in [5.74, 6) is 0. The lowest BCUT2D eigenvalue weighted by molar-refractivity contribution is 0.00578. The molecule has 1 aliphatic heterocycles. The third-order valence-electron chi connectivity index (χ3n) is 5.25. The van der Waals surface area contributed by atoms with E-state index in [0.717, 1.165) is 18.3 Å². The Kier molecular flexibility index (Phi) is 3.05. The third-order valence-corrected chi connectivity index (χ3v) is 5.25. The maximum atomic E-state index is 6.52. The fourth-order valence-electron chi connectivity index (χ4n) is 2.95. The van der Waals surface area contributed by atoms with Gasteiger partial charge in [-0.05, 0) is 58.0 Å². The van der Waals surface area contributed by atoms with Crippen LogP contribution in [0.3, 0.4) is 0 Å². The molecule has 0 aromatic heterocycles. The molecule has 1 aliphatic carbocycles. The number of nitrogens with two attached hydrogens (primary N) is 1. The highest BCUT2D eigenvalue weighted by Gasteiger charge is 2.53. The Morgan fingerprint density at radius 1 is 1.00 bits per heavy atom. The van der Waals surface area contributed by atoms with E-state index in [2.05, 4.69) is 45.9 Å². The van der Waals surface area contributed by atoms with Gasteiger partial charge in [-0.15, -0.1) is 0 Å². The Hall–Kier alpha value is -0.835. The molecule has 0 radical (unpaired) electrons. The molecule has 0 amide bonds. The van der Waals surface area contributed by atoms with Crippen LogP contribution in [0.4, 0.5) is 0 Å². The minimum Gasteiger partial charge on any atom is -0.399 e. The lowest BCUT2D eigenvalue weighted by atomic mass is 9.65. The minimum atomic E-state index is -0.322. The average Bonchev–Trinajstić information content (AvgIpc) is 2.55. The summed E-state index contributed by atoms with van der Waals surface area (Å²) in [4.78, 5) is 0. The Labute approximate surface area is 122 Å². The topological polar surface area (TPSA) is 44.5 Å². The van der Waals surface area contributed by atoms with Gasteiger partial charge in [-0.2, -0.15) is 0 Å². The Morgan fingerprint density at radius 3 is 2.05 bits per heavy atom. The molecule has 0 spiro atoms. The maximum absolute atomic E-state index is 6.52. The summed E-state index contributed by atoms with van der Waals surface area (Å²) >= 11 is 0. The summed E-state index contributed by atoms with van der Waals surface area (Å²) in [5.41, 5.74) is 7.97. The van der Waals surface area contributed by atoms with Gasteiger partial charge in [0, 0.05) is 5.54 Å². The lowest BCUT2D eigenvalue weighted by Gasteiger charge is -2.40. The van der Waals surface area contributed by atoms with Crippen LogP contribution in [0.2, 0.25) is 0 Å². The molecule has 3 rings (SSSR count). The van der Waals surface area contributed by atoms with Crippen molar-refractivity contribution in [1.82, 2.24) is 0 Å². The largest absolute Gasteiger partial charge is 0.495 e. The second-order valence-electron chi connectivity index (χ2n) is 7.19. The molecule has 1 saturated carbocycles. The van der Waals surface area contributed by atoms with E-state index >= 15 is 0 Å². The molecular formula is C16H24BNO2. The van der Waals surface area contributed by atoms with Crippen LogP contribution < -0.4 is 11.2 Å². The molecular weight excluding hydrogens is 249 g/mol. The van der Waals surface area contributed by atoms with Gasteiger partial charge in [0.05, 0.1) is 11.2 Å². The van der Waals surface area contributed by atoms with Crippen molar-refractivity contribution in [3.05, 3.63) is 29.8 Å². The zero-order valence-electron chi connectivity index (χ0n) is 12.9. The highest BCUT2D eigenvalue weighted by Crippen LogP contribution is 2.40. The van der Waals surface area contributed by atoms with E-state index in [-0.39, 0.29) is 23.9 Å². The van der Waals surface area contributed by atoms with Crippen molar-refractivity contribution in [2.75, 3.05) is 0 Å². The minimum absolute atomic E-state index is 0.194.